The van der Waals surface area contributed by atoms with Gasteiger partial charge >= 0.3 is 96.8 Å². The van der Waals surface area contributed by atoms with Gasteiger partial charge in [0.1, 0.15) is 0 Å². The van der Waals surface area contributed by atoms with Crippen LogP contribution >= 0.6 is 22.9 Å². The standard InChI is InChI=1S/C4H9FI2NO3S/c5-1-3-11-7-2-4-12(9,10)8-6/h8H,1-4H2/q-1. The first kappa shape index (κ1) is 13.3. The van der Waals surface area contributed by atoms with Crippen molar-refractivity contribution in [2.75, 3.05) is 23.5 Å². The summed E-state index contributed by atoms with van der Waals surface area (Å²) in [5.74, 6) is 0.0650. The molecule has 0 aromatic heterocycles. The van der Waals surface area contributed by atoms with E-state index in [-0.39, 0.29) is 12.4 Å². The first-order valence-corrected chi connectivity index (χ1v) is 8.13. The summed E-state index contributed by atoms with van der Waals surface area (Å²) in [7, 11) is -3.12. The third kappa shape index (κ3) is 7.89. The van der Waals surface area contributed by atoms with E-state index in [2.05, 4.69) is 2.94 Å². The van der Waals surface area contributed by atoms with Gasteiger partial charge in [-0.1, -0.05) is 0 Å². The molecule has 0 spiro atoms. The number of nitrogens with one attached hydrogen (secondary N) is 1. The van der Waals surface area contributed by atoms with Gasteiger partial charge in [0.2, 0.25) is 0 Å². The van der Waals surface area contributed by atoms with E-state index in [0.717, 1.165) is 0 Å². The molecule has 0 fully saturated rings. The number of rotatable bonds is 7. The fraction of sp³-hybridized carbons (Fsp3) is 1.00. The minimum absolute atomic E-state index is 0.0650. The van der Waals surface area contributed by atoms with Gasteiger partial charge in [-0.2, -0.15) is 0 Å². The number of halogens is 3. The van der Waals surface area contributed by atoms with Gasteiger partial charge in [0.15, 0.2) is 0 Å². The summed E-state index contributed by atoms with van der Waals surface area (Å²) in [5.41, 5.74) is 0. The molecule has 0 aromatic rings. The van der Waals surface area contributed by atoms with Gasteiger partial charge in [-0.05, 0) is 0 Å². The van der Waals surface area contributed by atoms with E-state index in [9.17, 15) is 12.8 Å². The van der Waals surface area contributed by atoms with E-state index < -0.39 is 38.3 Å². The van der Waals surface area contributed by atoms with Gasteiger partial charge in [0.25, 0.3) is 0 Å². The van der Waals surface area contributed by atoms with Gasteiger partial charge in [-0.15, -0.1) is 0 Å². The Labute approximate surface area is 96.0 Å². The predicted molar refractivity (Wildman–Crippen MR) is 47.7 cm³/mol. The molecule has 0 rings (SSSR count). The quantitative estimate of drug-likeness (QED) is 0.209. The van der Waals surface area contributed by atoms with Crippen LogP contribution in [0.2, 0.25) is 0 Å². The summed E-state index contributed by atoms with van der Waals surface area (Å²) in [6.45, 7) is -0.415. The van der Waals surface area contributed by atoms with Crippen LogP contribution in [0.1, 0.15) is 0 Å². The van der Waals surface area contributed by atoms with Gasteiger partial charge in [-0.3, -0.25) is 0 Å². The molecule has 8 heteroatoms. The molecule has 0 saturated carbocycles. The van der Waals surface area contributed by atoms with Crippen LogP contribution in [-0.4, -0.2) is 31.9 Å². The molecule has 0 bridgehead atoms. The molecule has 4 nitrogen and oxygen atoms in total. The molecule has 0 heterocycles. The molecule has 0 aliphatic heterocycles. The van der Waals surface area contributed by atoms with Gasteiger partial charge in [-0.25, -0.2) is 0 Å². The molecule has 0 aliphatic rings. The molecule has 0 aliphatic carbocycles. The van der Waals surface area contributed by atoms with Gasteiger partial charge in [0, 0.05) is 0 Å². The zero-order chi connectivity index (χ0) is 9.45. The summed E-state index contributed by atoms with van der Waals surface area (Å²) >= 11 is 0.956. The second kappa shape index (κ2) is 7.64. The first-order valence-electron chi connectivity index (χ1n) is 2.99. The Morgan fingerprint density at radius 1 is 1.58 bits per heavy atom. The van der Waals surface area contributed by atoms with Crippen molar-refractivity contribution in [2.45, 2.75) is 0 Å². The van der Waals surface area contributed by atoms with E-state index in [0.29, 0.717) is 4.43 Å². The molecular formula is C4H9FI2NO3S-. The van der Waals surface area contributed by atoms with Gasteiger partial charge < -0.3 is 0 Å². The van der Waals surface area contributed by atoms with E-state index in [1.807, 2.05) is 0 Å². The van der Waals surface area contributed by atoms with E-state index in [4.69, 9.17) is 3.07 Å². The summed E-state index contributed by atoms with van der Waals surface area (Å²) in [5, 5.41) is 0. The molecule has 0 radical (unpaired) electrons. The van der Waals surface area contributed by atoms with Crippen LogP contribution in [0, 0.1) is 0 Å². The van der Waals surface area contributed by atoms with Crippen molar-refractivity contribution in [2.24, 2.45) is 0 Å². The van der Waals surface area contributed by atoms with Crippen LogP contribution in [0.15, 0.2) is 0 Å². The Hall–Kier alpha value is 1.26. The third-order valence-electron chi connectivity index (χ3n) is 0.772. The second-order valence-electron chi connectivity index (χ2n) is 1.70. The molecular weight excluding hydrogens is 415 g/mol. The zero-order valence-electron chi connectivity index (χ0n) is 6.10. The van der Waals surface area contributed by atoms with Crippen molar-refractivity contribution >= 4 is 32.9 Å². The summed E-state index contributed by atoms with van der Waals surface area (Å²) in [6.07, 6.45) is 0. The van der Waals surface area contributed by atoms with E-state index in [1.54, 1.807) is 22.9 Å². The number of hydrogen-bond acceptors (Lipinski definition) is 3. The fourth-order valence-corrected chi connectivity index (χ4v) is 4.38. The molecule has 0 aromatic carbocycles. The molecule has 0 unspecified atom stereocenters. The Morgan fingerprint density at radius 3 is 2.75 bits per heavy atom. The Bertz CT molecular complexity index is 198. The van der Waals surface area contributed by atoms with Crippen molar-refractivity contribution in [3.8, 4) is 0 Å². The monoisotopic (exact) mass is 424 g/mol. The molecule has 0 atom stereocenters. The normalized spacial score (nSPS) is 12.2. The molecule has 12 heavy (non-hydrogen) atoms. The molecule has 1 N–H and O–H groups in total. The fourth-order valence-electron chi connectivity index (χ4n) is 0.310. The summed E-state index contributed by atoms with van der Waals surface area (Å²) < 4.78 is 40.6. The van der Waals surface area contributed by atoms with Crippen molar-refractivity contribution < 1.29 is 37.5 Å². The predicted octanol–water partition coefficient (Wildman–Crippen LogP) is -2.75. The maximum atomic E-state index is 11.5. The van der Waals surface area contributed by atoms with Crippen molar-refractivity contribution in [3.05, 3.63) is 0 Å². The Kier molecular flexibility index (Phi) is 8.45. The van der Waals surface area contributed by atoms with Crippen molar-refractivity contribution in [3.63, 3.8) is 0 Å². The molecule has 0 amide bonds. The third-order valence-corrected chi connectivity index (χ3v) is 6.35. The molecule has 0 saturated heterocycles. The van der Waals surface area contributed by atoms with E-state index in [1.165, 1.54) is 0 Å². The Balaban J connectivity index is 3.32. The summed E-state index contributed by atoms with van der Waals surface area (Å²) in [6, 6.07) is 0. The second-order valence-corrected chi connectivity index (χ2v) is 7.13. The van der Waals surface area contributed by atoms with Crippen molar-refractivity contribution in [1.29, 1.82) is 0 Å². The molecule has 76 valence electrons. The number of hydrogen-bond donors (Lipinski definition) is 1. The van der Waals surface area contributed by atoms with E-state index >= 15 is 0 Å². The van der Waals surface area contributed by atoms with Gasteiger partial charge in [0.05, 0.1) is 0 Å². The maximum absolute atomic E-state index is 11.5. The topological polar surface area (TPSA) is 55.4 Å². The van der Waals surface area contributed by atoms with Crippen LogP contribution in [0.25, 0.3) is 0 Å². The minimum atomic E-state index is -3.12. The first-order chi connectivity index (χ1) is 5.62. The zero-order valence-corrected chi connectivity index (χ0v) is 11.2. The summed E-state index contributed by atoms with van der Waals surface area (Å²) in [4.78, 5) is 0. The number of sulfonamides is 1. The van der Waals surface area contributed by atoms with Crippen LogP contribution < -0.4 is 24.6 Å². The van der Waals surface area contributed by atoms with Crippen molar-refractivity contribution in [1.82, 2.24) is 2.94 Å². The Morgan fingerprint density at radius 2 is 2.25 bits per heavy atom. The SMILES string of the molecule is O=S(=O)(CC[I-]OCCF)NI. The average molecular weight is 424 g/mol. The average Bonchev–Trinajstić information content (AvgIpc) is 2.04. The van der Waals surface area contributed by atoms with Crippen LogP contribution in [0.3, 0.4) is 0 Å². The number of alkyl halides is 2. The van der Waals surface area contributed by atoms with Crippen LogP contribution in [0.5, 0.6) is 0 Å². The van der Waals surface area contributed by atoms with Crippen LogP contribution in [0.4, 0.5) is 4.39 Å². The van der Waals surface area contributed by atoms with Crippen LogP contribution in [-0.2, 0) is 13.1 Å².